The van der Waals surface area contributed by atoms with Gasteiger partial charge < -0.3 is 5.32 Å². The minimum absolute atomic E-state index is 0.0387. The number of rotatable bonds is 4. The Morgan fingerprint density at radius 1 is 1.35 bits per heavy atom. The number of carbonyl (C=O) groups excluding carboxylic acids is 1. The van der Waals surface area contributed by atoms with Crippen molar-refractivity contribution in [1.82, 2.24) is 5.32 Å². The molecule has 1 unspecified atom stereocenters. The zero-order valence-corrected chi connectivity index (χ0v) is 12.6. The number of thioether (sulfide) groups is 1. The van der Waals surface area contributed by atoms with Crippen molar-refractivity contribution in [3.05, 3.63) is 57.2 Å². The van der Waals surface area contributed by atoms with Crippen LogP contribution in [0.1, 0.15) is 10.9 Å². The number of nitrogens with one attached hydrogen (secondary N) is 1. The molecule has 102 valence electrons. The molecule has 3 nitrogen and oxygen atoms in total. The van der Waals surface area contributed by atoms with Crippen molar-refractivity contribution in [1.29, 1.82) is 0 Å². The van der Waals surface area contributed by atoms with Gasteiger partial charge >= 0.3 is 0 Å². The van der Waals surface area contributed by atoms with E-state index >= 15 is 0 Å². The van der Waals surface area contributed by atoms with Gasteiger partial charge in [0.15, 0.2) is 0 Å². The molecule has 5 heteroatoms. The maximum atomic E-state index is 11.5. The number of benzene rings is 1. The summed E-state index contributed by atoms with van der Waals surface area (Å²) in [6.07, 6.45) is 0. The minimum Gasteiger partial charge on any atom is -0.358 e. The highest BCUT2D eigenvalue weighted by Gasteiger charge is 2.23. The summed E-state index contributed by atoms with van der Waals surface area (Å²) in [5, 5.41) is 6.90. The van der Waals surface area contributed by atoms with Gasteiger partial charge in [-0.15, -0.1) is 23.1 Å². The molecule has 1 atom stereocenters. The van der Waals surface area contributed by atoms with Gasteiger partial charge in [-0.1, -0.05) is 24.3 Å². The lowest BCUT2D eigenvalue weighted by atomic mass is 10.2. The summed E-state index contributed by atoms with van der Waals surface area (Å²) in [4.78, 5) is 18.7. The number of hydrogen-bond acceptors (Lipinski definition) is 4. The van der Waals surface area contributed by atoms with Crippen LogP contribution in [0.15, 0.2) is 46.8 Å². The van der Waals surface area contributed by atoms with Crippen LogP contribution in [0.3, 0.4) is 0 Å². The van der Waals surface area contributed by atoms with Crippen LogP contribution < -0.4 is 15.9 Å². The standard InChI is InChI=1S/C15H14N2OS2/c1-16-13(18)9-20-15-10-5-2-3-6-11(10)17-14(15)12-7-4-8-19-12/h2-8,14H,9H2,1H3,(H,16,18). The molecular weight excluding hydrogens is 288 g/mol. The Labute approximate surface area is 125 Å². The number of para-hydroxylation sites is 1. The average Bonchev–Trinajstić information content (AvgIpc) is 3.11. The molecule has 0 spiro atoms. The lowest BCUT2D eigenvalue weighted by Crippen LogP contribution is -2.23. The Bertz CT molecular complexity index is 737. The SMILES string of the molecule is CNC(=O)CSC1=c2ccccc2=NC1c1cccs1. The van der Waals surface area contributed by atoms with Crippen LogP contribution in [0.4, 0.5) is 0 Å². The molecule has 1 N–H and O–H groups in total. The molecule has 0 fully saturated rings. The minimum atomic E-state index is 0.0387. The van der Waals surface area contributed by atoms with E-state index in [1.165, 1.54) is 9.78 Å². The quantitative estimate of drug-likeness (QED) is 0.934. The van der Waals surface area contributed by atoms with Gasteiger partial charge in [0.05, 0.1) is 11.1 Å². The molecule has 20 heavy (non-hydrogen) atoms. The predicted octanol–water partition coefficient (Wildman–Crippen LogP) is 1.71. The van der Waals surface area contributed by atoms with Crippen LogP contribution in [0.25, 0.3) is 4.91 Å². The Balaban J connectivity index is 2.01. The molecule has 0 bridgehead atoms. The summed E-state index contributed by atoms with van der Waals surface area (Å²) in [6, 6.07) is 12.3. The first kappa shape index (κ1) is 13.4. The first-order chi connectivity index (χ1) is 9.79. The van der Waals surface area contributed by atoms with E-state index in [1.54, 1.807) is 30.1 Å². The molecule has 0 radical (unpaired) electrons. The third-order valence-corrected chi connectivity index (χ3v) is 5.22. The Hall–Kier alpha value is -1.59. The first-order valence-electron chi connectivity index (χ1n) is 6.33. The summed E-state index contributed by atoms with van der Waals surface area (Å²) in [7, 11) is 1.66. The molecule has 2 aromatic rings. The van der Waals surface area contributed by atoms with Gasteiger partial charge in [-0.05, 0) is 17.5 Å². The largest absolute Gasteiger partial charge is 0.358 e. The summed E-state index contributed by atoms with van der Waals surface area (Å²) >= 11 is 3.29. The van der Waals surface area contributed by atoms with Crippen molar-refractivity contribution in [2.45, 2.75) is 6.04 Å². The Morgan fingerprint density at radius 3 is 2.95 bits per heavy atom. The molecule has 0 saturated heterocycles. The van der Waals surface area contributed by atoms with E-state index < -0.39 is 0 Å². The highest BCUT2D eigenvalue weighted by Crippen LogP contribution is 2.37. The first-order valence-corrected chi connectivity index (χ1v) is 8.20. The predicted molar refractivity (Wildman–Crippen MR) is 84.2 cm³/mol. The van der Waals surface area contributed by atoms with Gasteiger partial charge in [0.2, 0.25) is 5.91 Å². The van der Waals surface area contributed by atoms with E-state index in [0.717, 1.165) is 10.6 Å². The van der Waals surface area contributed by atoms with E-state index in [1.807, 2.05) is 24.3 Å². The molecule has 1 aliphatic heterocycles. The highest BCUT2D eigenvalue weighted by atomic mass is 32.2. The van der Waals surface area contributed by atoms with Crippen LogP contribution in [0.2, 0.25) is 0 Å². The van der Waals surface area contributed by atoms with Gasteiger partial charge in [0, 0.05) is 22.0 Å². The smallest absolute Gasteiger partial charge is 0.230 e. The number of nitrogens with zero attached hydrogens (tertiary/aromatic N) is 1. The van der Waals surface area contributed by atoms with Crippen molar-refractivity contribution in [2.24, 2.45) is 4.99 Å². The fraction of sp³-hybridized carbons (Fsp3) is 0.200. The maximum Gasteiger partial charge on any atom is 0.230 e. The number of carbonyl (C=O) groups is 1. The lowest BCUT2D eigenvalue weighted by Gasteiger charge is -2.10. The van der Waals surface area contributed by atoms with Crippen molar-refractivity contribution in [3.8, 4) is 0 Å². The second kappa shape index (κ2) is 5.81. The van der Waals surface area contributed by atoms with Crippen LogP contribution in [-0.4, -0.2) is 18.7 Å². The van der Waals surface area contributed by atoms with Gasteiger partial charge in [0.1, 0.15) is 6.04 Å². The van der Waals surface area contributed by atoms with Crippen LogP contribution in [-0.2, 0) is 4.79 Å². The topological polar surface area (TPSA) is 41.5 Å². The van der Waals surface area contributed by atoms with E-state index in [0.29, 0.717) is 5.75 Å². The van der Waals surface area contributed by atoms with E-state index in [9.17, 15) is 4.79 Å². The summed E-state index contributed by atoms with van der Waals surface area (Å²) < 4.78 is 0. The fourth-order valence-corrected chi connectivity index (χ4v) is 4.09. The molecule has 3 rings (SSSR count). The second-order valence-electron chi connectivity index (χ2n) is 4.39. The zero-order valence-electron chi connectivity index (χ0n) is 11.0. The Kier molecular flexibility index (Phi) is 3.89. The van der Waals surface area contributed by atoms with Gasteiger partial charge in [-0.3, -0.25) is 9.79 Å². The number of thiophene rings is 1. The van der Waals surface area contributed by atoms with E-state index in [-0.39, 0.29) is 11.9 Å². The van der Waals surface area contributed by atoms with Gasteiger partial charge in [-0.25, -0.2) is 0 Å². The summed E-state index contributed by atoms with van der Waals surface area (Å²) in [6.45, 7) is 0. The van der Waals surface area contributed by atoms with Gasteiger partial charge in [0.25, 0.3) is 0 Å². The van der Waals surface area contributed by atoms with Crippen molar-refractivity contribution >= 4 is 33.9 Å². The fourth-order valence-electron chi connectivity index (χ4n) is 2.15. The summed E-state index contributed by atoms with van der Waals surface area (Å²) in [5.74, 6) is 0.467. The zero-order chi connectivity index (χ0) is 13.9. The van der Waals surface area contributed by atoms with Crippen LogP contribution in [0, 0.1) is 0 Å². The molecular formula is C15H14N2OS2. The monoisotopic (exact) mass is 302 g/mol. The van der Waals surface area contributed by atoms with Crippen LogP contribution >= 0.6 is 23.1 Å². The molecule has 0 aliphatic carbocycles. The number of hydrogen-bond donors (Lipinski definition) is 1. The molecule has 1 amide bonds. The summed E-state index contributed by atoms with van der Waals surface area (Å²) in [5.41, 5.74) is 0. The molecule has 0 saturated carbocycles. The lowest BCUT2D eigenvalue weighted by molar-refractivity contribution is -0.118. The molecule has 1 aromatic carbocycles. The molecule has 1 aromatic heterocycles. The molecule has 1 aliphatic rings. The van der Waals surface area contributed by atoms with Crippen molar-refractivity contribution in [2.75, 3.05) is 12.8 Å². The molecule has 2 heterocycles. The van der Waals surface area contributed by atoms with Gasteiger partial charge in [-0.2, -0.15) is 0 Å². The van der Waals surface area contributed by atoms with Crippen molar-refractivity contribution in [3.63, 3.8) is 0 Å². The second-order valence-corrected chi connectivity index (χ2v) is 6.39. The Morgan fingerprint density at radius 2 is 2.20 bits per heavy atom. The third-order valence-electron chi connectivity index (χ3n) is 3.14. The van der Waals surface area contributed by atoms with E-state index in [4.69, 9.17) is 4.99 Å². The number of amides is 1. The average molecular weight is 302 g/mol. The number of fused-ring (bicyclic) bond motifs is 1. The normalized spacial score (nSPS) is 16.6. The van der Waals surface area contributed by atoms with E-state index in [2.05, 4.69) is 22.8 Å². The van der Waals surface area contributed by atoms with Crippen LogP contribution in [0.5, 0.6) is 0 Å². The maximum absolute atomic E-state index is 11.5. The highest BCUT2D eigenvalue weighted by molar-refractivity contribution is 8.08. The van der Waals surface area contributed by atoms with Crippen molar-refractivity contribution < 1.29 is 4.79 Å². The third kappa shape index (κ3) is 2.51.